The number of aliphatic hydroxyl groups excluding tert-OH is 1. The minimum Gasteiger partial charge on any atom is -0.496 e. The molecule has 0 aliphatic heterocycles. The lowest BCUT2D eigenvalue weighted by atomic mass is 10.0. The van der Waals surface area contributed by atoms with Crippen LogP contribution in [0.3, 0.4) is 0 Å². The fraction of sp³-hybridized carbons (Fsp3) is 0.200. The van der Waals surface area contributed by atoms with Crippen LogP contribution in [0.1, 0.15) is 28.4 Å². The van der Waals surface area contributed by atoms with Gasteiger partial charge in [0.2, 0.25) is 0 Å². The Hall–Kier alpha value is -3.12. The van der Waals surface area contributed by atoms with E-state index < -0.39 is 0 Å². The Morgan fingerprint density at radius 3 is 2.69 bits per heavy atom. The van der Waals surface area contributed by atoms with Gasteiger partial charge in [0.15, 0.2) is 0 Å². The third kappa shape index (κ3) is 3.92. The molecule has 3 aromatic rings. The fourth-order valence-electron chi connectivity index (χ4n) is 2.84. The number of carbonyl (C=O) groups is 1. The van der Waals surface area contributed by atoms with E-state index in [1.54, 1.807) is 18.5 Å². The molecule has 1 aromatic heterocycles. The van der Waals surface area contributed by atoms with Crippen LogP contribution in [0.25, 0.3) is 11.1 Å². The van der Waals surface area contributed by atoms with Crippen LogP contribution >= 0.6 is 0 Å². The summed E-state index contributed by atoms with van der Waals surface area (Å²) >= 11 is 0. The highest BCUT2D eigenvalue weighted by molar-refractivity contribution is 5.97. The summed E-state index contributed by atoms with van der Waals surface area (Å²) in [5.74, 6) is 0.236. The molecule has 0 bridgehead atoms. The number of carbonyl (C=O) groups excluding carboxylic acids is 1. The van der Waals surface area contributed by atoms with E-state index in [9.17, 15) is 9.90 Å². The number of aromatic amines is 1. The summed E-state index contributed by atoms with van der Waals surface area (Å²) in [6.07, 6.45) is 3.92. The van der Waals surface area contributed by atoms with Crippen molar-refractivity contribution in [1.29, 1.82) is 0 Å². The normalized spacial score (nSPS) is 11.8. The first-order valence-electron chi connectivity index (χ1n) is 8.36. The summed E-state index contributed by atoms with van der Waals surface area (Å²) in [6.45, 7) is -0.0175. The second-order valence-electron chi connectivity index (χ2n) is 5.85. The predicted octanol–water partition coefficient (Wildman–Crippen LogP) is 2.94. The van der Waals surface area contributed by atoms with E-state index in [1.165, 1.54) is 7.11 Å². The zero-order valence-electron chi connectivity index (χ0n) is 14.5. The summed E-state index contributed by atoms with van der Waals surface area (Å²) in [7, 11) is 1.54. The van der Waals surface area contributed by atoms with Crippen LogP contribution in [0, 0.1) is 0 Å². The van der Waals surface area contributed by atoms with E-state index >= 15 is 0 Å². The molecule has 0 aliphatic rings. The maximum Gasteiger partial charge on any atom is 0.255 e. The van der Waals surface area contributed by atoms with Crippen LogP contribution in [0.5, 0.6) is 5.75 Å². The van der Waals surface area contributed by atoms with Crippen LogP contribution in [0.15, 0.2) is 60.9 Å². The van der Waals surface area contributed by atoms with Crippen LogP contribution in [0.2, 0.25) is 0 Å². The Morgan fingerprint density at radius 2 is 2.04 bits per heavy atom. The zero-order valence-corrected chi connectivity index (χ0v) is 14.5. The molecule has 134 valence electrons. The van der Waals surface area contributed by atoms with Gasteiger partial charge in [0.1, 0.15) is 5.75 Å². The summed E-state index contributed by atoms with van der Waals surface area (Å²) in [6, 6.07) is 14.7. The molecule has 0 spiro atoms. The predicted molar refractivity (Wildman–Crippen MR) is 98.9 cm³/mol. The number of amides is 1. The lowest BCUT2D eigenvalue weighted by Crippen LogP contribution is -2.29. The summed E-state index contributed by atoms with van der Waals surface area (Å²) < 4.78 is 5.41. The molecule has 0 unspecified atom stereocenters. The molecule has 6 heteroatoms. The standard InChI is InChI=1S/C20H21N3O3/c1-26-19-11-15(16-12-21-22-13-16)7-8-17(19)20(25)23-18(9-10-24)14-5-3-2-4-6-14/h2-8,11-13,18,24H,9-10H2,1H3,(H,21,22)(H,23,25)/t18-/m1/s1. The Labute approximate surface area is 151 Å². The van der Waals surface area contributed by atoms with Gasteiger partial charge in [-0.15, -0.1) is 0 Å². The molecule has 0 fully saturated rings. The number of methoxy groups -OCH3 is 1. The van der Waals surface area contributed by atoms with E-state index in [0.29, 0.717) is 17.7 Å². The van der Waals surface area contributed by atoms with Crippen molar-refractivity contribution < 1.29 is 14.6 Å². The Balaban J connectivity index is 1.84. The van der Waals surface area contributed by atoms with Crippen molar-refractivity contribution in [2.45, 2.75) is 12.5 Å². The van der Waals surface area contributed by atoms with Gasteiger partial charge in [-0.1, -0.05) is 36.4 Å². The largest absolute Gasteiger partial charge is 0.496 e. The van der Waals surface area contributed by atoms with Crippen LogP contribution in [0.4, 0.5) is 0 Å². The topological polar surface area (TPSA) is 87.2 Å². The van der Waals surface area contributed by atoms with Crippen molar-refractivity contribution in [3.8, 4) is 16.9 Å². The van der Waals surface area contributed by atoms with E-state index in [-0.39, 0.29) is 18.6 Å². The van der Waals surface area contributed by atoms with Gasteiger partial charge in [-0.3, -0.25) is 9.89 Å². The molecule has 0 aliphatic carbocycles. The Morgan fingerprint density at radius 1 is 1.23 bits per heavy atom. The number of nitrogens with zero attached hydrogens (tertiary/aromatic N) is 1. The molecule has 1 atom stereocenters. The second-order valence-corrected chi connectivity index (χ2v) is 5.85. The molecular weight excluding hydrogens is 330 g/mol. The maximum absolute atomic E-state index is 12.8. The molecule has 0 radical (unpaired) electrons. The molecule has 1 heterocycles. The highest BCUT2D eigenvalue weighted by Crippen LogP contribution is 2.27. The number of rotatable bonds is 7. The number of H-pyrrole nitrogens is 1. The van der Waals surface area contributed by atoms with Gasteiger partial charge >= 0.3 is 0 Å². The Kier molecular flexibility index (Phi) is 5.66. The van der Waals surface area contributed by atoms with Gasteiger partial charge < -0.3 is 15.2 Å². The van der Waals surface area contributed by atoms with Crippen molar-refractivity contribution in [1.82, 2.24) is 15.5 Å². The highest BCUT2D eigenvalue weighted by Gasteiger charge is 2.19. The number of hydrogen-bond donors (Lipinski definition) is 3. The Bertz CT molecular complexity index is 848. The summed E-state index contributed by atoms with van der Waals surface area (Å²) in [5.41, 5.74) is 3.21. The lowest BCUT2D eigenvalue weighted by Gasteiger charge is -2.19. The smallest absolute Gasteiger partial charge is 0.255 e. The molecule has 2 aromatic carbocycles. The monoisotopic (exact) mass is 351 g/mol. The van der Waals surface area contributed by atoms with E-state index in [2.05, 4.69) is 15.5 Å². The van der Waals surface area contributed by atoms with Gasteiger partial charge in [-0.2, -0.15) is 5.10 Å². The van der Waals surface area contributed by atoms with Gasteiger partial charge in [0.05, 0.1) is 24.9 Å². The SMILES string of the molecule is COc1cc(-c2cn[nH]c2)ccc1C(=O)N[C@H](CCO)c1ccccc1. The number of hydrogen-bond acceptors (Lipinski definition) is 4. The number of benzene rings is 2. The van der Waals surface area contributed by atoms with Crippen molar-refractivity contribution in [3.05, 3.63) is 72.1 Å². The average molecular weight is 351 g/mol. The first-order valence-corrected chi connectivity index (χ1v) is 8.36. The molecule has 1 amide bonds. The fourth-order valence-corrected chi connectivity index (χ4v) is 2.84. The van der Waals surface area contributed by atoms with Gasteiger partial charge in [-0.25, -0.2) is 0 Å². The summed E-state index contributed by atoms with van der Waals surface area (Å²) in [4.78, 5) is 12.8. The quantitative estimate of drug-likeness (QED) is 0.611. The van der Waals surface area contributed by atoms with E-state index in [1.807, 2.05) is 42.5 Å². The first-order chi connectivity index (χ1) is 12.7. The minimum atomic E-state index is -0.271. The van der Waals surface area contributed by atoms with Crippen LogP contribution < -0.4 is 10.1 Å². The molecular formula is C20H21N3O3. The zero-order chi connectivity index (χ0) is 18.4. The van der Waals surface area contributed by atoms with Gasteiger partial charge in [0.25, 0.3) is 5.91 Å². The average Bonchev–Trinajstić information content (AvgIpc) is 3.22. The lowest BCUT2D eigenvalue weighted by molar-refractivity contribution is 0.0927. The molecule has 26 heavy (non-hydrogen) atoms. The number of ether oxygens (including phenoxy) is 1. The third-order valence-electron chi connectivity index (χ3n) is 4.20. The highest BCUT2D eigenvalue weighted by atomic mass is 16.5. The molecule has 6 nitrogen and oxygen atoms in total. The van der Waals surface area contributed by atoms with Crippen LogP contribution in [-0.2, 0) is 0 Å². The number of aromatic nitrogens is 2. The summed E-state index contributed by atoms with van der Waals surface area (Å²) in [5, 5.41) is 19.0. The third-order valence-corrected chi connectivity index (χ3v) is 4.20. The number of aliphatic hydroxyl groups is 1. The second kappa shape index (κ2) is 8.31. The van der Waals surface area contributed by atoms with Gasteiger partial charge in [0, 0.05) is 18.4 Å². The van der Waals surface area contributed by atoms with Gasteiger partial charge in [-0.05, 0) is 29.7 Å². The van der Waals surface area contributed by atoms with Crippen molar-refractivity contribution in [2.24, 2.45) is 0 Å². The molecule has 3 rings (SSSR count). The molecule has 0 saturated heterocycles. The van der Waals surface area contributed by atoms with Crippen molar-refractivity contribution in [3.63, 3.8) is 0 Å². The molecule has 3 N–H and O–H groups in total. The molecule has 0 saturated carbocycles. The van der Waals surface area contributed by atoms with Crippen LogP contribution in [-0.4, -0.2) is 34.9 Å². The number of nitrogens with one attached hydrogen (secondary N) is 2. The van der Waals surface area contributed by atoms with E-state index in [4.69, 9.17) is 4.74 Å². The first kappa shape index (κ1) is 17.7. The van der Waals surface area contributed by atoms with Crippen molar-refractivity contribution >= 4 is 5.91 Å². The minimum absolute atomic E-state index is 0.0175. The van der Waals surface area contributed by atoms with E-state index in [0.717, 1.165) is 16.7 Å². The van der Waals surface area contributed by atoms with Crippen molar-refractivity contribution in [2.75, 3.05) is 13.7 Å². The maximum atomic E-state index is 12.8.